The predicted molar refractivity (Wildman–Crippen MR) is 104 cm³/mol. The minimum atomic E-state index is -0.678. The Bertz CT molecular complexity index is 762. The Morgan fingerprint density at radius 1 is 1.29 bits per heavy atom. The molecule has 0 bridgehead atoms. The van der Waals surface area contributed by atoms with E-state index in [9.17, 15) is 14.7 Å². The van der Waals surface area contributed by atoms with Crippen LogP contribution in [-0.2, 0) is 16.1 Å². The number of aliphatic hydroxyl groups excluding tert-OH is 1. The molecule has 152 valence electrons. The van der Waals surface area contributed by atoms with Crippen molar-refractivity contribution in [1.29, 1.82) is 0 Å². The van der Waals surface area contributed by atoms with E-state index in [1.165, 1.54) is 4.90 Å². The highest BCUT2D eigenvalue weighted by atomic mass is 16.5. The van der Waals surface area contributed by atoms with E-state index in [2.05, 4.69) is 17.9 Å². The van der Waals surface area contributed by atoms with Crippen molar-refractivity contribution in [3.05, 3.63) is 29.8 Å². The van der Waals surface area contributed by atoms with Gasteiger partial charge in [-0.3, -0.25) is 24.3 Å². The van der Waals surface area contributed by atoms with Crippen molar-refractivity contribution >= 4 is 11.8 Å². The lowest BCUT2D eigenvalue weighted by molar-refractivity contribution is -0.180. The Morgan fingerprint density at radius 3 is 2.79 bits per heavy atom. The fourth-order valence-electron chi connectivity index (χ4n) is 4.85. The van der Waals surface area contributed by atoms with E-state index in [-0.39, 0.29) is 17.9 Å². The first-order valence-corrected chi connectivity index (χ1v) is 10.1. The van der Waals surface area contributed by atoms with Gasteiger partial charge in [-0.15, -0.1) is 0 Å². The van der Waals surface area contributed by atoms with E-state index in [1.807, 2.05) is 23.1 Å². The van der Waals surface area contributed by atoms with Crippen molar-refractivity contribution in [2.24, 2.45) is 0 Å². The van der Waals surface area contributed by atoms with Crippen molar-refractivity contribution in [2.75, 3.05) is 33.3 Å². The summed E-state index contributed by atoms with van der Waals surface area (Å²) in [5, 5.41) is 10.2. The van der Waals surface area contributed by atoms with Gasteiger partial charge >= 0.3 is 0 Å². The fraction of sp³-hybridized carbons (Fsp3) is 0.619. The van der Waals surface area contributed by atoms with E-state index in [0.29, 0.717) is 32.6 Å². The molecule has 0 unspecified atom stereocenters. The number of aliphatic hydroxyl groups is 1. The van der Waals surface area contributed by atoms with Gasteiger partial charge in [0.15, 0.2) is 0 Å². The number of fused-ring (bicyclic) bond motifs is 2. The van der Waals surface area contributed by atoms with Crippen LogP contribution in [0.3, 0.4) is 0 Å². The fourth-order valence-corrected chi connectivity index (χ4v) is 4.85. The van der Waals surface area contributed by atoms with E-state index in [1.54, 1.807) is 7.11 Å². The second-order valence-electron chi connectivity index (χ2n) is 8.23. The standard InChI is InChI=1S/C21H29N3O4/c1-3-4-8-23-19(26)18-10-16(25)12-24(18)21(20(23)27)13-22(14-21)11-15-6-5-7-17(9-15)28-2/h5-7,9,16,18,25H,3-4,8,10-14H2,1-2H3/t16-,18+/m1/s1. The summed E-state index contributed by atoms with van der Waals surface area (Å²) in [5.41, 5.74) is 0.456. The number of β-amino-alcohol motifs (C(OH)–C–C–N with tert-alkyl or cyclic N) is 1. The SMILES string of the molecule is CCCCN1C(=O)[C@@H]2C[C@@H](O)CN2C2(CN(Cc3cccc(OC)c3)C2)C1=O. The third kappa shape index (κ3) is 3.11. The second-order valence-corrected chi connectivity index (χ2v) is 8.23. The normalized spacial score (nSPS) is 27.2. The molecule has 0 aromatic heterocycles. The van der Waals surface area contributed by atoms with E-state index in [4.69, 9.17) is 4.74 Å². The van der Waals surface area contributed by atoms with Crippen LogP contribution in [0.25, 0.3) is 0 Å². The lowest BCUT2D eigenvalue weighted by Gasteiger charge is -2.58. The molecule has 4 rings (SSSR count). The first kappa shape index (κ1) is 19.4. The molecule has 3 saturated heterocycles. The molecule has 1 aromatic rings. The number of unbranched alkanes of at least 4 members (excludes halogenated alkanes) is 1. The number of methoxy groups -OCH3 is 1. The molecule has 2 amide bonds. The van der Waals surface area contributed by atoms with E-state index in [0.717, 1.165) is 30.7 Å². The van der Waals surface area contributed by atoms with Gasteiger partial charge in [0.05, 0.1) is 19.3 Å². The zero-order valence-electron chi connectivity index (χ0n) is 16.6. The van der Waals surface area contributed by atoms with Gasteiger partial charge in [0, 0.05) is 32.7 Å². The number of carbonyl (C=O) groups excluding carboxylic acids is 2. The summed E-state index contributed by atoms with van der Waals surface area (Å²) in [6.07, 6.45) is 1.63. The number of ether oxygens (including phenoxy) is 1. The number of hydrogen-bond acceptors (Lipinski definition) is 6. The van der Waals surface area contributed by atoms with Gasteiger partial charge in [0.2, 0.25) is 5.91 Å². The number of rotatable bonds is 6. The number of imide groups is 1. The summed E-state index contributed by atoms with van der Waals surface area (Å²) in [6, 6.07) is 7.57. The molecule has 1 aromatic carbocycles. The second kappa shape index (κ2) is 7.46. The zero-order valence-corrected chi connectivity index (χ0v) is 16.6. The molecule has 7 heteroatoms. The van der Waals surface area contributed by atoms with Crippen molar-refractivity contribution in [2.45, 2.75) is 50.4 Å². The summed E-state index contributed by atoms with van der Waals surface area (Å²) < 4.78 is 5.29. The molecule has 1 spiro atoms. The average molecular weight is 387 g/mol. The number of likely N-dealkylation sites (tertiary alicyclic amines) is 1. The molecule has 1 N–H and O–H groups in total. The van der Waals surface area contributed by atoms with Gasteiger partial charge < -0.3 is 9.84 Å². The molecule has 0 radical (unpaired) electrons. The first-order chi connectivity index (χ1) is 13.5. The van der Waals surface area contributed by atoms with Crippen LogP contribution < -0.4 is 4.74 Å². The van der Waals surface area contributed by atoms with Crippen LogP contribution in [0.5, 0.6) is 5.75 Å². The number of piperazine rings is 1. The van der Waals surface area contributed by atoms with Crippen molar-refractivity contribution in [3.63, 3.8) is 0 Å². The summed E-state index contributed by atoms with van der Waals surface area (Å²) >= 11 is 0. The quantitative estimate of drug-likeness (QED) is 0.730. The summed E-state index contributed by atoms with van der Waals surface area (Å²) in [5.74, 6) is 0.602. The molecule has 0 aliphatic carbocycles. The Morgan fingerprint density at radius 2 is 2.07 bits per heavy atom. The lowest BCUT2D eigenvalue weighted by atomic mass is 9.82. The number of amides is 2. The zero-order chi connectivity index (χ0) is 19.9. The third-order valence-corrected chi connectivity index (χ3v) is 6.27. The maximum absolute atomic E-state index is 13.3. The van der Waals surface area contributed by atoms with Crippen LogP contribution in [0, 0.1) is 0 Å². The largest absolute Gasteiger partial charge is 0.497 e. The van der Waals surface area contributed by atoms with Crippen LogP contribution in [0.2, 0.25) is 0 Å². The predicted octanol–water partition coefficient (Wildman–Crippen LogP) is 0.854. The van der Waals surface area contributed by atoms with Crippen LogP contribution in [0.4, 0.5) is 0 Å². The van der Waals surface area contributed by atoms with Crippen molar-refractivity contribution in [3.8, 4) is 5.75 Å². The van der Waals surface area contributed by atoms with Gasteiger partial charge in [-0.05, 0) is 30.5 Å². The van der Waals surface area contributed by atoms with Crippen molar-refractivity contribution in [1.82, 2.24) is 14.7 Å². The maximum Gasteiger partial charge on any atom is 0.252 e. The highest BCUT2D eigenvalue weighted by Gasteiger charge is 2.63. The average Bonchev–Trinajstić information content (AvgIpc) is 3.06. The highest BCUT2D eigenvalue weighted by Crippen LogP contribution is 2.41. The summed E-state index contributed by atoms with van der Waals surface area (Å²) in [6.45, 7) is 4.84. The highest BCUT2D eigenvalue weighted by molar-refractivity contribution is 6.06. The number of carbonyl (C=O) groups is 2. The minimum absolute atomic E-state index is 0.0850. The third-order valence-electron chi connectivity index (χ3n) is 6.27. The van der Waals surface area contributed by atoms with Gasteiger partial charge in [0.25, 0.3) is 5.91 Å². The Kier molecular flexibility index (Phi) is 5.16. The number of benzene rings is 1. The summed E-state index contributed by atoms with van der Waals surface area (Å²) in [4.78, 5) is 31.9. The Hall–Kier alpha value is -1.96. The molecule has 7 nitrogen and oxygen atoms in total. The smallest absolute Gasteiger partial charge is 0.252 e. The Balaban J connectivity index is 1.52. The van der Waals surface area contributed by atoms with Gasteiger partial charge in [-0.25, -0.2) is 0 Å². The van der Waals surface area contributed by atoms with E-state index < -0.39 is 11.6 Å². The maximum atomic E-state index is 13.3. The van der Waals surface area contributed by atoms with Crippen LogP contribution in [-0.4, -0.2) is 82.6 Å². The molecular weight excluding hydrogens is 358 g/mol. The van der Waals surface area contributed by atoms with E-state index >= 15 is 0 Å². The first-order valence-electron chi connectivity index (χ1n) is 10.1. The molecule has 3 heterocycles. The molecule has 3 aliphatic heterocycles. The monoisotopic (exact) mass is 387 g/mol. The minimum Gasteiger partial charge on any atom is -0.497 e. The summed E-state index contributed by atoms with van der Waals surface area (Å²) in [7, 11) is 1.65. The topological polar surface area (TPSA) is 73.3 Å². The number of nitrogens with zero attached hydrogens (tertiary/aromatic N) is 3. The molecular formula is C21H29N3O4. The van der Waals surface area contributed by atoms with Gasteiger partial charge in [0.1, 0.15) is 11.3 Å². The van der Waals surface area contributed by atoms with Crippen LogP contribution in [0.1, 0.15) is 31.7 Å². The Labute approximate surface area is 165 Å². The van der Waals surface area contributed by atoms with Gasteiger partial charge in [-0.1, -0.05) is 25.5 Å². The molecule has 0 saturated carbocycles. The van der Waals surface area contributed by atoms with Crippen molar-refractivity contribution < 1.29 is 19.4 Å². The molecule has 3 aliphatic rings. The molecule has 28 heavy (non-hydrogen) atoms. The lowest BCUT2D eigenvalue weighted by Crippen LogP contribution is -2.81. The van der Waals surface area contributed by atoms with Crippen LogP contribution in [0.15, 0.2) is 24.3 Å². The van der Waals surface area contributed by atoms with Gasteiger partial charge in [-0.2, -0.15) is 0 Å². The van der Waals surface area contributed by atoms with Crippen LogP contribution >= 0.6 is 0 Å². The molecule has 3 fully saturated rings. The number of hydrogen-bond donors (Lipinski definition) is 1. The molecule has 2 atom stereocenters.